The van der Waals surface area contributed by atoms with Gasteiger partial charge in [0, 0.05) is 18.0 Å². The highest BCUT2D eigenvalue weighted by molar-refractivity contribution is 9.10. The van der Waals surface area contributed by atoms with Crippen molar-refractivity contribution < 1.29 is 8.81 Å². The van der Waals surface area contributed by atoms with Gasteiger partial charge in [-0.25, -0.2) is 9.37 Å². The van der Waals surface area contributed by atoms with Crippen LogP contribution in [-0.2, 0) is 13.0 Å². The second-order valence-corrected chi connectivity index (χ2v) is 6.37. The molecule has 0 amide bonds. The fourth-order valence-electron chi connectivity index (χ4n) is 2.85. The van der Waals surface area contributed by atoms with Crippen molar-refractivity contribution in [1.82, 2.24) is 10.3 Å². The molecule has 0 saturated carbocycles. The molecule has 1 aliphatic heterocycles. The van der Waals surface area contributed by atoms with E-state index in [9.17, 15) is 4.39 Å². The van der Waals surface area contributed by atoms with Gasteiger partial charge in [-0.05, 0) is 52.2 Å². The predicted octanol–water partition coefficient (Wildman–Crippen LogP) is 3.99. The Morgan fingerprint density at radius 2 is 2.21 bits per heavy atom. The summed E-state index contributed by atoms with van der Waals surface area (Å²) in [5, 5.41) is 15.9. The van der Waals surface area contributed by atoms with E-state index < -0.39 is 0 Å². The van der Waals surface area contributed by atoms with Crippen LogP contribution in [0.1, 0.15) is 16.9 Å². The molecule has 0 atom stereocenters. The molecule has 120 valence electrons. The largest absolute Gasteiger partial charge is 0.444 e. The Morgan fingerprint density at radius 1 is 1.33 bits per heavy atom. The summed E-state index contributed by atoms with van der Waals surface area (Å²) in [5.74, 6) is 0.355. The van der Waals surface area contributed by atoms with Gasteiger partial charge < -0.3 is 15.1 Å². The zero-order valence-corrected chi connectivity index (χ0v) is 14.1. The topological polar surface area (TPSA) is 73.9 Å². The lowest BCUT2D eigenvalue weighted by molar-refractivity contribution is 0.598. The average Bonchev–Trinajstić information content (AvgIpc) is 3.02. The number of pyridine rings is 1. The first-order valence-electron chi connectivity index (χ1n) is 7.43. The number of anilines is 2. The maximum atomic E-state index is 14.4. The Labute approximate surface area is 145 Å². The van der Waals surface area contributed by atoms with Crippen LogP contribution in [0.2, 0.25) is 0 Å². The number of aromatic nitrogens is 1. The molecule has 3 heterocycles. The average molecular weight is 387 g/mol. The van der Waals surface area contributed by atoms with Gasteiger partial charge in [-0.15, -0.1) is 0 Å². The predicted molar refractivity (Wildman–Crippen MR) is 91.5 cm³/mol. The van der Waals surface area contributed by atoms with Crippen LogP contribution in [0.3, 0.4) is 0 Å². The number of halogens is 2. The number of nitrogens with one attached hydrogen (secondary N) is 2. The normalized spacial score (nSPS) is 13.5. The summed E-state index contributed by atoms with van der Waals surface area (Å²) >= 11 is 3.45. The van der Waals surface area contributed by atoms with Crippen molar-refractivity contribution in [3.05, 3.63) is 51.6 Å². The smallest absolute Gasteiger partial charge is 0.204 e. The summed E-state index contributed by atoms with van der Waals surface area (Å²) in [6.07, 6.45) is 2.38. The molecule has 0 fully saturated rings. The molecule has 0 spiro atoms. The van der Waals surface area contributed by atoms with Gasteiger partial charge >= 0.3 is 0 Å². The molecule has 0 radical (unpaired) electrons. The monoisotopic (exact) mass is 386 g/mol. The zero-order valence-electron chi connectivity index (χ0n) is 12.5. The first-order valence-corrected chi connectivity index (χ1v) is 8.22. The summed E-state index contributed by atoms with van der Waals surface area (Å²) < 4.78 is 20.3. The van der Waals surface area contributed by atoms with Crippen LogP contribution >= 0.6 is 15.9 Å². The zero-order chi connectivity index (χ0) is 16.7. The van der Waals surface area contributed by atoms with Crippen LogP contribution in [0.15, 0.2) is 33.3 Å². The molecule has 3 aromatic rings. The minimum absolute atomic E-state index is 0.206. The molecule has 1 aromatic carbocycles. The second kappa shape index (κ2) is 5.89. The van der Waals surface area contributed by atoms with E-state index in [0.29, 0.717) is 33.5 Å². The van der Waals surface area contributed by atoms with Crippen LogP contribution in [0.4, 0.5) is 15.9 Å². The molecular formula is C17H12BrFN4O. The lowest BCUT2D eigenvalue weighted by atomic mass is 10.00. The third-order valence-corrected chi connectivity index (χ3v) is 4.86. The van der Waals surface area contributed by atoms with Gasteiger partial charge in [0.2, 0.25) is 5.76 Å². The minimum atomic E-state index is -0.323. The standard InChI is InChI=1S/C17H12BrFN4O/c18-16-12-5-11(6-20)24-15(12)8-22-17(16)23-14-4-9-1-2-21-7-10(9)3-13(14)19/h3-5,8,21H,1-2,7H2,(H,22,23). The Morgan fingerprint density at radius 3 is 3.04 bits per heavy atom. The molecule has 1 aliphatic rings. The number of nitriles is 1. The van der Waals surface area contributed by atoms with Crippen molar-refractivity contribution >= 4 is 38.4 Å². The van der Waals surface area contributed by atoms with E-state index in [4.69, 9.17) is 9.68 Å². The molecule has 7 heteroatoms. The van der Waals surface area contributed by atoms with Crippen molar-refractivity contribution in [1.29, 1.82) is 5.26 Å². The number of hydrogen-bond acceptors (Lipinski definition) is 5. The molecule has 2 aromatic heterocycles. The number of nitrogens with zero attached hydrogens (tertiary/aromatic N) is 2. The lowest BCUT2D eigenvalue weighted by Crippen LogP contribution is -2.23. The van der Waals surface area contributed by atoms with E-state index >= 15 is 0 Å². The number of fused-ring (bicyclic) bond motifs is 2. The van der Waals surface area contributed by atoms with Crippen molar-refractivity contribution in [2.45, 2.75) is 13.0 Å². The van der Waals surface area contributed by atoms with E-state index in [-0.39, 0.29) is 11.6 Å². The van der Waals surface area contributed by atoms with E-state index in [1.165, 1.54) is 6.20 Å². The van der Waals surface area contributed by atoms with Gasteiger partial charge in [-0.2, -0.15) is 5.26 Å². The van der Waals surface area contributed by atoms with E-state index in [2.05, 4.69) is 31.5 Å². The molecule has 2 N–H and O–H groups in total. The molecule has 0 unspecified atom stereocenters. The Kier molecular flexibility index (Phi) is 3.71. The van der Waals surface area contributed by atoms with Crippen molar-refractivity contribution in [2.75, 3.05) is 11.9 Å². The van der Waals surface area contributed by atoms with Gasteiger partial charge in [0.25, 0.3) is 0 Å². The third kappa shape index (κ3) is 2.54. The highest BCUT2D eigenvalue weighted by atomic mass is 79.9. The van der Waals surface area contributed by atoms with Gasteiger partial charge in [0.05, 0.1) is 16.4 Å². The Hall–Kier alpha value is -2.43. The molecule has 0 bridgehead atoms. The third-order valence-electron chi connectivity index (χ3n) is 4.06. The molecule has 24 heavy (non-hydrogen) atoms. The van der Waals surface area contributed by atoms with Gasteiger partial charge in [-0.3, -0.25) is 0 Å². The summed E-state index contributed by atoms with van der Waals surface area (Å²) in [4.78, 5) is 4.26. The molecular weight excluding hydrogens is 375 g/mol. The van der Waals surface area contributed by atoms with Crippen molar-refractivity contribution in [3.8, 4) is 6.07 Å². The quantitative estimate of drug-likeness (QED) is 0.696. The highest BCUT2D eigenvalue weighted by Gasteiger charge is 2.16. The minimum Gasteiger partial charge on any atom is -0.444 e. The summed E-state index contributed by atoms with van der Waals surface area (Å²) in [6, 6.07) is 6.97. The van der Waals surface area contributed by atoms with E-state index in [1.807, 2.05) is 12.1 Å². The fraction of sp³-hybridized carbons (Fsp3) is 0.176. The van der Waals surface area contributed by atoms with Crippen LogP contribution in [0.25, 0.3) is 11.0 Å². The van der Waals surface area contributed by atoms with Crippen LogP contribution in [-0.4, -0.2) is 11.5 Å². The van der Waals surface area contributed by atoms with Crippen LogP contribution in [0, 0.1) is 17.1 Å². The summed E-state index contributed by atoms with van der Waals surface area (Å²) in [6.45, 7) is 1.57. The number of rotatable bonds is 2. The molecule has 0 aliphatic carbocycles. The van der Waals surface area contributed by atoms with E-state index in [0.717, 1.165) is 24.1 Å². The van der Waals surface area contributed by atoms with Crippen molar-refractivity contribution in [2.24, 2.45) is 0 Å². The van der Waals surface area contributed by atoms with Crippen LogP contribution < -0.4 is 10.6 Å². The Bertz CT molecular complexity index is 992. The van der Waals surface area contributed by atoms with Gasteiger partial charge in [0.1, 0.15) is 17.7 Å². The number of benzene rings is 1. The molecule has 0 saturated heterocycles. The van der Waals surface area contributed by atoms with Crippen molar-refractivity contribution in [3.63, 3.8) is 0 Å². The second-order valence-electron chi connectivity index (χ2n) is 5.57. The fourth-order valence-corrected chi connectivity index (χ4v) is 3.36. The van der Waals surface area contributed by atoms with Gasteiger partial charge in [0.15, 0.2) is 5.58 Å². The maximum absolute atomic E-state index is 14.4. The maximum Gasteiger partial charge on any atom is 0.204 e. The first kappa shape index (κ1) is 15.1. The number of furan rings is 1. The Balaban J connectivity index is 1.74. The summed E-state index contributed by atoms with van der Waals surface area (Å²) in [5.41, 5.74) is 3.00. The number of hydrogen-bond donors (Lipinski definition) is 2. The molecule has 4 rings (SSSR count). The van der Waals surface area contributed by atoms with Gasteiger partial charge in [-0.1, -0.05) is 0 Å². The lowest BCUT2D eigenvalue weighted by Gasteiger charge is -2.19. The highest BCUT2D eigenvalue weighted by Crippen LogP contribution is 2.34. The molecule has 5 nitrogen and oxygen atoms in total. The first-order chi connectivity index (χ1) is 11.7. The SMILES string of the molecule is N#Cc1cc2c(Br)c(Nc3cc4c(cc3F)CNCC4)ncc2o1. The summed E-state index contributed by atoms with van der Waals surface area (Å²) in [7, 11) is 0. The van der Waals surface area contributed by atoms with E-state index in [1.54, 1.807) is 12.1 Å². The van der Waals surface area contributed by atoms with Crippen LogP contribution in [0.5, 0.6) is 0 Å².